The zero-order chi connectivity index (χ0) is 19.6. The predicted molar refractivity (Wildman–Crippen MR) is 93.8 cm³/mol. The number of carbonyl (C=O) groups is 2. The topological polar surface area (TPSA) is 121 Å². The summed E-state index contributed by atoms with van der Waals surface area (Å²) in [6.45, 7) is -0.0937. The van der Waals surface area contributed by atoms with E-state index < -0.39 is 15.8 Å². The Balaban J connectivity index is 1.99. The van der Waals surface area contributed by atoms with E-state index in [1.165, 1.54) is 24.5 Å². The number of halogens is 1. The third kappa shape index (κ3) is 4.40. The molecular weight excluding hydrogens is 396 g/mol. The number of ketones is 1. The first-order valence-corrected chi connectivity index (χ1v) is 10.2. The van der Waals surface area contributed by atoms with E-state index in [1.54, 1.807) is 0 Å². The van der Waals surface area contributed by atoms with Crippen molar-refractivity contribution in [3.63, 3.8) is 0 Å². The maximum Gasteiger partial charge on any atom is 0.344 e. The first kappa shape index (κ1) is 19.2. The molecule has 0 saturated carbocycles. The quantitative estimate of drug-likeness (QED) is 0.681. The molecule has 27 heavy (non-hydrogen) atoms. The molecule has 2 aromatic rings. The summed E-state index contributed by atoms with van der Waals surface area (Å²) in [6, 6.07) is 2.56. The van der Waals surface area contributed by atoms with Gasteiger partial charge >= 0.3 is 5.97 Å². The van der Waals surface area contributed by atoms with E-state index in [9.17, 15) is 18.0 Å². The first-order chi connectivity index (χ1) is 12.8. The average Bonchev–Trinajstić information content (AvgIpc) is 3.08. The highest BCUT2D eigenvalue weighted by atomic mass is 35.5. The normalized spacial score (nSPS) is 14.7. The minimum atomic E-state index is -3.62. The van der Waals surface area contributed by atoms with Crippen LogP contribution in [0, 0.1) is 0 Å². The Morgan fingerprint density at radius 2 is 2.11 bits per heavy atom. The van der Waals surface area contributed by atoms with Crippen LogP contribution < -0.4 is 0 Å². The highest BCUT2D eigenvalue weighted by Gasteiger charge is 2.24. The highest BCUT2D eigenvalue weighted by molar-refractivity contribution is 7.90. The van der Waals surface area contributed by atoms with Crippen molar-refractivity contribution in [1.29, 1.82) is 0 Å². The van der Waals surface area contributed by atoms with Crippen LogP contribution in [0.4, 0.5) is 0 Å². The number of tetrazole rings is 1. The summed E-state index contributed by atoms with van der Waals surface area (Å²) >= 11 is 6.34. The molecular formula is C16H15ClN4O5S. The number of sulfone groups is 1. The van der Waals surface area contributed by atoms with Crippen molar-refractivity contribution < 1.29 is 22.7 Å². The number of benzene rings is 1. The van der Waals surface area contributed by atoms with Gasteiger partial charge in [0.1, 0.15) is 5.76 Å². The molecule has 1 aliphatic carbocycles. The third-order valence-corrected chi connectivity index (χ3v) is 5.52. The first-order valence-electron chi connectivity index (χ1n) is 7.93. The molecule has 1 aromatic heterocycles. The van der Waals surface area contributed by atoms with E-state index in [0.29, 0.717) is 19.3 Å². The second-order valence-corrected chi connectivity index (χ2v) is 8.32. The molecule has 0 radical (unpaired) electrons. The van der Waals surface area contributed by atoms with Gasteiger partial charge in [0.2, 0.25) is 0 Å². The van der Waals surface area contributed by atoms with Crippen molar-refractivity contribution in [3.05, 3.63) is 46.4 Å². The molecule has 0 saturated heterocycles. The lowest BCUT2D eigenvalue weighted by atomic mass is 10.1. The molecule has 0 N–H and O–H groups in total. The van der Waals surface area contributed by atoms with Crippen molar-refractivity contribution in [2.45, 2.75) is 30.7 Å². The largest absolute Gasteiger partial charge is 0.427 e. The lowest BCUT2D eigenvalue weighted by Gasteiger charge is -2.15. The van der Waals surface area contributed by atoms with Crippen LogP contribution in [-0.4, -0.2) is 46.6 Å². The molecule has 0 atom stereocenters. The molecule has 0 bridgehead atoms. The Morgan fingerprint density at radius 1 is 1.33 bits per heavy atom. The fourth-order valence-electron chi connectivity index (χ4n) is 2.67. The van der Waals surface area contributed by atoms with Crippen LogP contribution in [-0.2, 0) is 25.9 Å². The van der Waals surface area contributed by atoms with Gasteiger partial charge in [-0.1, -0.05) is 11.6 Å². The zero-order valence-corrected chi connectivity index (χ0v) is 15.8. The van der Waals surface area contributed by atoms with E-state index in [0.717, 1.165) is 11.1 Å². The minimum Gasteiger partial charge on any atom is -0.427 e. The molecule has 0 amide bonds. The van der Waals surface area contributed by atoms with Crippen LogP contribution in [0.2, 0.25) is 5.02 Å². The second kappa shape index (κ2) is 7.57. The van der Waals surface area contributed by atoms with Crippen LogP contribution in [0.5, 0.6) is 0 Å². The minimum absolute atomic E-state index is 0.0156. The molecule has 9 nitrogen and oxygen atoms in total. The Kier molecular flexibility index (Phi) is 5.38. The summed E-state index contributed by atoms with van der Waals surface area (Å²) < 4.78 is 29.4. The summed E-state index contributed by atoms with van der Waals surface area (Å²) in [4.78, 5) is 25.1. The van der Waals surface area contributed by atoms with Crippen LogP contribution in [0.25, 0.3) is 0 Å². The summed E-state index contributed by atoms with van der Waals surface area (Å²) in [7, 11) is -3.62. The van der Waals surface area contributed by atoms with Gasteiger partial charge in [-0.05, 0) is 23.8 Å². The third-order valence-electron chi connectivity index (χ3n) is 3.90. The number of nitrogens with zero attached hydrogens (tertiary/aromatic N) is 4. The molecule has 1 aliphatic rings. The van der Waals surface area contributed by atoms with Crippen LogP contribution >= 0.6 is 11.6 Å². The van der Waals surface area contributed by atoms with Crippen LogP contribution in [0.3, 0.4) is 0 Å². The maximum atomic E-state index is 12.5. The molecule has 11 heteroatoms. The Morgan fingerprint density at radius 3 is 2.74 bits per heavy atom. The number of allylic oxidation sites excluding steroid dienone is 2. The van der Waals surface area contributed by atoms with Gasteiger partial charge in [-0.2, -0.15) is 4.80 Å². The van der Waals surface area contributed by atoms with Crippen molar-refractivity contribution in [3.8, 4) is 0 Å². The number of hydrogen-bond donors (Lipinski definition) is 0. The fourth-order valence-corrected chi connectivity index (χ4v) is 3.96. The van der Waals surface area contributed by atoms with Gasteiger partial charge in [0, 0.05) is 30.7 Å². The Bertz CT molecular complexity index is 1030. The number of aromatic nitrogens is 4. The standard InChI is InChI=1S/C16H15ClN4O5S/c1-27(24,25)14-6-5-12(15(17)13(14)8-21-19-9-18-20-21)16(23)26-11-4-2-3-10(22)7-11/h5-7,9H,2-4,8H2,1H3. The maximum absolute atomic E-state index is 12.5. The lowest BCUT2D eigenvalue weighted by molar-refractivity contribution is -0.115. The van der Waals surface area contributed by atoms with Gasteiger partial charge in [-0.15, -0.1) is 10.2 Å². The van der Waals surface area contributed by atoms with Crippen molar-refractivity contribution in [2.24, 2.45) is 0 Å². The van der Waals surface area contributed by atoms with E-state index in [4.69, 9.17) is 16.3 Å². The van der Waals surface area contributed by atoms with Crippen LogP contribution in [0.15, 0.2) is 35.2 Å². The van der Waals surface area contributed by atoms with Gasteiger partial charge in [0.05, 0.1) is 22.0 Å². The zero-order valence-electron chi connectivity index (χ0n) is 14.3. The number of ether oxygens (including phenoxy) is 1. The summed E-state index contributed by atoms with van der Waals surface area (Å²) in [5.41, 5.74) is 0.137. The molecule has 3 rings (SSSR count). The van der Waals surface area contributed by atoms with Gasteiger partial charge in [-0.3, -0.25) is 4.79 Å². The van der Waals surface area contributed by atoms with E-state index in [-0.39, 0.29) is 39.1 Å². The second-order valence-electron chi connectivity index (χ2n) is 5.96. The molecule has 142 valence electrons. The summed E-state index contributed by atoms with van der Waals surface area (Å²) in [5, 5.41) is 11.0. The van der Waals surface area contributed by atoms with Crippen molar-refractivity contribution in [1.82, 2.24) is 20.2 Å². The molecule has 1 aromatic carbocycles. The van der Waals surface area contributed by atoms with E-state index in [2.05, 4.69) is 15.4 Å². The van der Waals surface area contributed by atoms with Gasteiger partial charge < -0.3 is 4.74 Å². The fraction of sp³-hybridized carbons (Fsp3) is 0.312. The SMILES string of the molecule is CS(=O)(=O)c1ccc(C(=O)OC2=CC(=O)CCC2)c(Cl)c1Cn1ncnn1. The monoisotopic (exact) mass is 410 g/mol. The lowest BCUT2D eigenvalue weighted by Crippen LogP contribution is -2.15. The molecule has 0 aliphatic heterocycles. The molecule has 0 spiro atoms. The average molecular weight is 411 g/mol. The number of hydrogen-bond acceptors (Lipinski definition) is 8. The van der Waals surface area contributed by atoms with Gasteiger partial charge in [-0.25, -0.2) is 13.2 Å². The number of esters is 1. The summed E-state index contributed by atoms with van der Waals surface area (Å²) in [5.74, 6) is -0.617. The molecule has 0 fully saturated rings. The number of carbonyl (C=O) groups excluding carboxylic acids is 2. The highest BCUT2D eigenvalue weighted by Crippen LogP contribution is 2.30. The predicted octanol–water partition coefficient (Wildman–Crippen LogP) is 1.57. The van der Waals surface area contributed by atoms with E-state index in [1.807, 2.05) is 0 Å². The van der Waals surface area contributed by atoms with Crippen LogP contribution in [0.1, 0.15) is 35.2 Å². The van der Waals surface area contributed by atoms with Crippen molar-refractivity contribution >= 4 is 33.2 Å². The van der Waals surface area contributed by atoms with Gasteiger partial charge in [0.15, 0.2) is 21.9 Å². The molecule has 0 unspecified atom stereocenters. The number of rotatable bonds is 5. The van der Waals surface area contributed by atoms with Gasteiger partial charge in [0.25, 0.3) is 0 Å². The molecule has 1 heterocycles. The Labute approximate surface area is 159 Å². The summed E-state index contributed by atoms with van der Waals surface area (Å²) in [6.07, 6.45) is 5.00. The van der Waals surface area contributed by atoms with E-state index >= 15 is 0 Å². The Hall–Kier alpha value is -2.59. The van der Waals surface area contributed by atoms with Crippen molar-refractivity contribution in [2.75, 3.05) is 6.26 Å². The smallest absolute Gasteiger partial charge is 0.344 e.